The third kappa shape index (κ3) is 1.58. The van der Waals surface area contributed by atoms with Gasteiger partial charge < -0.3 is 0 Å². The number of rotatable bonds is 3. The summed E-state index contributed by atoms with van der Waals surface area (Å²) in [6, 6.07) is 0. The molecule has 0 amide bonds. The van der Waals surface area contributed by atoms with Crippen LogP contribution in [0, 0.1) is 17.8 Å². The van der Waals surface area contributed by atoms with Crippen molar-refractivity contribution in [2.75, 3.05) is 0 Å². The molecule has 14 heavy (non-hydrogen) atoms. The number of alkyl halides is 1. The fourth-order valence-corrected chi connectivity index (χ4v) is 3.51. The number of halogens is 1. The molecule has 2 fully saturated rings. The van der Waals surface area contributed by atoms with Crippen LogP contribution in [0.2, 0.25) is 0 Å². The molecule has 2 nitrogen and oxygen atoms in total. The van der Waals surface area contributed by atoms with Gasteiger partial charge in [0.25, 0.3) is 5.12 Å². The highest BCUT2D eigenvalue weighted by Gasteiger charge is 2.55. The standard InChI is InChI=1S/C11H17ClN2/c12-11(13-14-11)10(9-6-7-9)8-4-2-1-3-5-8/h8-10H,1-7H2. The van der Waals surface area contributed by atoms with Crippen LogP contribution >= 0.6 is 11.6 Å². The maximum atomic E-state index is 6.35. The van der Waals surface area contributed by atoms with Crippen LogP contribution in [0.4, 0.5) is 0 Å². The third-order valence-electron chi connectivity index (χ3n) is 4.00. The normalized spacial score (nSPS) is 32.9. The first kappa shape index (κ1) is 9.14. The Morgan fingerprint density at radius 2 is 1.50 bits per heavy atom. The van der Waals surface area contributed by atoms with Crippen LogP contribution in [0.25, 0.3) is 0 Å². The molecule has 0 N–H and O–H groups in total. The minimum Gasteiger partial charge on any atom is -0.140 e. The van der Waals surface area contributed by atoms with Crippen molar-refractivity contribution in [3.05, 3.63) is 0 Å². The van der Waals surface area contributed by atoms with E-state index < -0.39 is 5.12 Å². The molecule has 1 atom stereocenters. The van der Waals surface area contributed by atoms with Crippen LogP contribution in [0.15, 0.2) is 10.2 Å². The summed E-state index contributed by atoms with van der Waals surface area (Å²) >= 11 is 6.35. The van der Waals surface area contributed by atoms with Crippen molar-refractivity contribution < 1.29 is 0 Å². The summed E-state index contributed by atoms with van der Waals surface area (Å²) in [7, 11) is 0. The Balaban J connectivity index is 1.70. The Morgan fingerprint density at radius 3 is 2.00 bits per heavy atom. The van der Waals surface area contributed by atoms with Crippen LogP contribution in [0.3, 0.4) is 0 Å². The molecule has 2 saturated carbocycles. The van der Waals surface area contributed by atoms with Crippen LogP contribution in [0.1, 0.15) is 44.9 Å². The van der Waals surface area contributed by atoms with E-state index in [0.29, 0.717) is 5.92 Å². The third-order valence-corrected chi connectivity index (χ3v) is 4.41. The minimum atomic E-state index is -0.469. The molecule has 1 unspecified atom stereocenters. The first-order valence-corrected chi connectivity index (χ1v) is 6.30. The van der Waals surface area contributed by atoms with Gasteiger partial charge in [0.1, 0.15) is 0 Å². The lowest BCUT2D eigenvalue weighted by Crippen LogP contribution is -2.30. The van der Waals surface area contributed by atoms with E-state index >= 15 is 0 Å². The summed E-state index contributed by atoms with van der Waals surface area (Å²) in [6.07, 6.45) is 9.64. The maximum absolute atomic E-state index is 6.35. The second-order valence-electron chi connectivity index (χ2n) is 5.10. The monoisotopic (exact) mass is 212 g/mol. The fourth-order valence-electron chi connectivity index (χ4n) is 3.11. The average Bonchev–Trinajstić information content (AvgIpc) is 3.08. The summed E-state index contributed by atoms with van der Waals surface area (Å²) in [4.78, 5) is 0. The zero-order chi connectivity index (χ0) is 9.60. The summed E-state index contributed by atoms with van der Waals surface area (Å²) in [5, 5.41) is 7.65. The predicted molar refractivity (Wildman–Crippen MR) is 56.2 cm³/mol. The molecule has 0 aromatic rings. The second kappa shape index (κ2) is 3.19. The van der Waals surface area contributed by atoms with Gasteiger partial charge in [-0.05, 0) is 37.5 Å². The minimum absolute atomic E-state index is 0.469. The number of hydrogen-bond acceptors (Lipinski definition) is 2. The Labute approximate surface area is 90.1 Å². The van der Waals surface area contributed by atoms with Gasteiger partial charge in [-0.1, -0.05) is 30.9 Å². The Kier molecular flexibility index (Phi) is 2.08. The number of nitrogens with zero attached hydrogens (tertiary/aromatic N) is 2. The molecule has 0 aromatic carbocycles. The van der Waals surface area contributed by atoms with Gasteiger partial charge in [0.2, 0.25) is 0 Å². The van der Waals surface area contributed by atoms with Gasteiger partial charge in [0, 0.05) is 5.92 Å². The van der Waals surface area contributed by atoms with Crippen molar-refractivity contribution in [1.82, 2.24) is 0 Å². The molecule has 2 aliphatic carbocycles. The number of hydrogen-bond donors (Lipinski definition) is 0. The second-order valence-corrected chi connectivity index (χ2v) is 5.65. The van der Waals surface area contributed by atoms with E-state index in [1.54, 1.807) is 0 Å². The SMILES string of the molecule is ClC1(C(C2CCCCC2)C2CC2)N=N1. The van der Waals surface area contributed by atoms with E-state index in [-0.39, 0.29) is 0 Å². The quantitative estimate of drug-likeness (QED) is 0.500. The van der Waals surface area contributed by atoms with Gasteiger partial charge in [-0.3, -0.25) is 0 Å². The molecule has 3 rings (SSSR count). The molecule has 3 aliphatic rings. The van der Waals surface area contributed by atoms with Crippen molar-refractivity contribution in [3.63, 3.8) is 0 Å². The van der Waals surface area contributed by atoms with Crippen molar-refractivity contribution >= 4 is 11.6 Å². The van der Waals surface area contributed by atoms with Gasteiger partial charge in [0.15, 0.2) is 0 Å². The Morgan fingerprint density at radius 1 is 0.929 bits per heavy atom. The van der Waals surface area contributed by atoms with E-state index in [9.17, 15) is 0 Å². The Hall–Kier alpha value is -0.110. The molecule has 0 saturated heterocycles. The van der Waals surface area contributed by atoms with Gasteiger partial charge in [-0.25, -0.2) is 0 Å². The topological polar surface area (TPSA) is 24.7 Å². The molecular weight excluding hydrogens is 196 g/mol. The van der Waals surface area contributed by atoms with Gasteiger partial charge in [-0.2, -0.15) is 0 Å². The van der Waals surface area contributed by atoms with Crippen LogP contribution in [-0.4, -0.2) is 5.12 Å². The van der Waals surface area contributed by atoms with E-state index in [4.69, 9.17) is 11.6 Å². The first-order chi connectivity index (χ1) is 6.80. The Bertz CT molecular complexity index is 248. The summed E-state index contributed by atoms with van der Waals surface area (Å²) in [5.74, 6) is 2.22. The van der Waals surface area contributed by atoms with Crippen molar-refractivity contribution in [2.45, 2.75) is 50.1 Å². The molecule has 0 spiro atoms. The zero-order valence-corrected chi connectivity index (χ0v) is 9.21. The lowest BCUT2D eigenvalue weighted by molar-refractivity contribution is 0.203. The van der Waals surface area contributed by atoms with E-state index in [0.717, 1.165) is 11.8 Å². The van der Waals surface area contributed by atoms with Crippen LogP contribution < -0.4 is 0 Å². The van der Waals surface area contributed by atoms with Gasteiger partial charge in [0.05, 0.1) is 0 Å². The summed E-state index contributed by atoms with van der Waals surface area (Å²) in [5.41, 5.74) is 0. The van der Waals surface area contributed by atoms with Crippen molar-refractivity contribution in [1.29, 1.82) is 0 Å². The maximum Gasteiger partial charge on any atom is 0.266 e. The van der Waals surface area contributed by atoms with Crippen molar-refractivity contribution in [2.24, 2.45) is 28.0 Å². The average molecular weight is 213 g/mol. The molecule has 0 radical (unpaired) electrons. The van der Waals surface area contributed by atoms with E-state index in [1.807, 2.05) is 0 Å². The molecule has 0 aromatic heterocycles. The summed E-state index contributed by atoms with van der Waals surface area (Å²) in [6.45, 7) is 0. The highest BCUT2D eigenvalue weighted by atomic mass is 35.5. The highest BCUT2D eigenvalue weighted by Crippen LogP contribution is 2.56. The fraction of sp³-hybridized carbons (Fsp3) is 1.00. The lowest BCUT2D eigenvalue weighted by Gasteiger charge is -2.31. The molecule has 78 valence electrons. The van der Waals surface area contributed by atoms with E-state index in [2.05, 4.69) is 10.2 Å². The van der Waals surface area contributed by atoms with Gasteiger partial charge >= 0.3 is 0 Å². The van der Waals surface area contributed by atoms with Crippen LogP contribution in [-0.2, 0) is 0 Å². The van der Waals surface area contributed by atoms with Crippen molar-refractivity contribution in [3.8, 4) is 0 Å². The zero-order valence-electron chi connectivity index (χ0n) is 8.45. The lowest BCUT2D eigenvalue weighted by atomic mass is 9.76. The smallest absolute Gasteiger partial charge is 0.140 e. The first-order valence-electron chi connectivity index (χ1n) is 5.92. The van der Waals surface area contributed by atoms with Crippen LogP contribution in [0.5, 0.6) is 0 Å². The largest absolute Gasteiger partial charge is 0.266 e. The highest BCUT2D eigenvalue weighted by molar-refractivity contribution is 6.25. The summed E-state index contributed by atoms with van der Waals surface area (Å²) < 4.78 is 0. The van der Waals surface area contributed by atoms with Gasteiger partial charge in [-0.15, -0.1) is 10.2 Å². The molecule has 0 bridgehead atoms. The molecular formula is C11H17ClN2. The molecule has 1 heterocycles. The predicted octanol–water partition coefficient (Wildman–Crippen LogP) is 3.95. The molecule has 3 heteroatoms. The molecule has 1 aliphatic heterocycles. The van der Waals surface area contributed by atoms with E-state index in [1.165, 1.54) is 44.9 Å².